The lowest BCUT2D eigenvalue weighted by Gasteiger charge is -2.31. The number of likely N-dealkylation sites (tertiary alicyclic amines) is 1. The van der Waals surface area contributed by atoms with Gasteiger partial charge in [-0.2, -0.15) is 0 Å². The average molecular weight is 390 g/mol. The van der Waals surface area contributed by atoms with Crippen molar-refractivity contribution in [3.8, 4) is 0 Å². The van der Waals surface area contributed by atoms with Crippen LogP contribution in [0.2, 0.25) is 0 Å². The van der Waals surface area contributed by atoms with E-state index in [1.807, 2.05) is 0 Å². The summed E-state index contributed by atoms with van der Waals surface area (Å²) < 4.78 is 11.0. The van der Waals surface area contributed by atoms with Gasteiger partial charge in [0.15, 0.2) is 0 Å². The van der Waals surface area contributed by atoms with Crippen LogP contribution in [-0.2, 0) is 11.3 Å². The van der Waals surface area contributed by atoms with Crippen LogP contribution in [0.3, 0.4) is 0 Å². The first kappa shape index (κ1) is 19.5. The minimum atomic E-state index is -0.693. The van der Waals surface area contributed by atoms with Crippen molar-refractivity contribution in [3.05, 3.63) is 56.8 Å². The third kappa shape index (κ3) is 4.33. The molecule has 1 saturated heterocycles. The first-order valence-electron chi connectivity index (χ1n) is 9.07. The summed E-state index contributed by atoms with van der Waals surface area (Å²) in [6.07, 6.45) is 3.29. The van der Waals surface area contributed by atoms with E-state index < -0.39 is 17.2 Å². The molecular formula is C18H22N4O6. The number of hydrogen-bond acceptors (Lipinski definition) is 6. The molecule has 0 unspecified atom stereocenters. The highest BCUT2D eigenvalue weighted by atomic mass is 16.6. The highest BCUT2D eigenvalue weighted by Gasteiger charge is 2.26. The van der Waals surface area contributed by atoms with Crippen LogP contribution in [-0.4, -0.2) is 52.2 Å². The molecule has 0 aromatic carbocycles. The first-order chi connectivity index (χ1) is 13.5. The molecule has 1 aliphatic rings. The number of piperidine rings is 1. The molecule has 150 valence electrons. The second-order valence-electron chi connectivity index (χ2n) is 6.41. The Balaban J connectivity index is 1.66. The topological polar surface area (TPSA) is 127 Å². The number of aromatic amines is 1. The van der Waals surface area contributed by atoms with E-state index in [1.54, 1.807) is 24.0 Å². The molecule has 3 rings (SSSR count). The van der Waals surface area contributed by atoms with Crippen molar-refractivity contribution in [2.45, 2.75) is 32.4 Å². The predicted octanol–water partition coefficient (Wildman–Crippen LogP) is 0.529. The molecule has 10 heteroatoms. The van der Waals surface area contributed by atoms with Gasteiger partial charge in [0, 0.05) is 25.3 Å². The number of H-pyrrole nitrogens is 1. The molecule has 0 aliphatic carbocycles. The lowest BCUT2D eigenvalue weighted by molar-refractivity contribution is 0.0858. The lowest BCUT2D eigenvalue weighted by Crippen LogP contribution is -2.48. The third-order valence-electron chi connectivity index (χ3n) is 4.56. The predicted molar refractivity (Wildman–Crippen MR) is 98.2 cm³/mol. The number of carbonyl (C=O) groups is 2. The molecule has 0 spiro atoms. The molecule has 0 saturated carbocycles. The Hall–Kier alpha value is -3.30. The lowest BCUT2D eigenvalue weighted by atomic mass is 10.1. The van der Waals surface area contributed by atoms with Gasteiger partial charge in [0.05, 0.1) is 19.4 Å². The summed E-state index contributed by atoms with van der Waals surface area (Å²) in [7, 11) is 0. The van der Waals surface area contributed by atoms with E-state index in [0.717, 1.165) is 10.8 Å². The summed E-state index contributed by atoms with van der Waals surface area (Å²) in [6.45, 7) is 2.90. The largest absolute Gasteiger partial charge is 0.467 e. The van der Waals surface area contributed by atoms with Gasteiger partial charge in [0.25, 0.3) is 11.5 Å². The average Bonchev–Trinajstić information content (AvgIpc) is 3.19. The molecule has 0 atom stereocenters. The molecular weight excluding hydrogens is 368 g/mol. The molecule has 1 fully saturated rings. The van der Waals surface area contributed by atoms with E-state index in [9.17, 15) is 19.2 Å². The van der Waals surface area contributed by atoms with Crippen molar-refractivity contribution in [1.29, 1.82) is 0 Å². The maximum atomic E-state index is 12.6. The highest BCUT2D eigenvalue weighted by Crippen LogP contribution is 2.12. The fourth-order valence-corrected chi connectivity index (χ4v) is 3.06. The van der Waals surface area contributed by atoms with Gasteiger partial charge in [-0.1, -0.05) is 0 Å². The van der Waals surface area contributed by atoms with Crippen LogP contribution in [0, 0.1) is 0 Å². The summed E-state index contributed by atoms with van der Waals surface area (Å²) in [5.74, 6) is -0.138. The molecule has 28 heavy (non-hydrogen) atoms. The molecule has 0 radical (unpaired) electrons. The summed E-state index contributed by atoms with van der Waals surface area (Å²) in [5.41, 5.74) is -1.47. The zero-order valence-corrected chi connectivity index (χ0v) is 15.5. The monoisotopic (exact) mass is 390 g/mol. The smallest absolute Gasteiger partial charge is 0.409 e. The van der Waals surface area contributed by atoms with Crippen LogP contribution in [0.5, 0.6) is 0 Å². The van der Waals surface area contributed by atoms with E-state index in [4.69, 9.17) is 9.15 Å². The molecule has 2 amide bonds. The molecule has 2 aromatic heterocycles. The van der Waals surface area contributed by atoms with Crippen LogP contribution in [0.15, 0.2) is 38.6 Å². The fraction of sp³-hybridized carbons (Fsp3) is 0.444. The Bertz CT molecular complexity index is 938. The van der Waals surface area contributed by atoms with Gasteiger partial charge >= 0.3 is 11.8 Å². The Morgan fingerprint density at radius 3 is 2.71 bits per heavy atom. The highest BCUT2D eigenvalue weighted by molar-refractivity contribution is 5.93. The summed E-state index contributed by atoms with van der Waals surface area (Å²) >= 11 is 0. The van der Waals surface area contributed by atoms with Crippen LogP contribution >= 0.6 is 0 Å². The summed E-state index contributed by atoms with van der Waals surface area (Å²) in [5, 5.41) is 2.80. The maximum Gasteiger partial charge on any atom is 0.409 e. The number of hydrogen-bond donors (Lipinski definition) is 2. The second-order valence-corrected chi connectivity index (χ2v) is 6.41. The fourth-order valence-electron chi connectivity index (χ4n) is 3.06. The molecule has 0 bridgehead atoms. The first-order valence-corrected chi connectivity index (χ1v) is 9.07. The number of rotatable bonds is 5. The van der Waals surface area contributed by atoms with E-state index >= 15 is 0 Å². The van der Waals surface area contributed by atoms with E-state index in [-0.39, 0.29) is 24.2 Å². The zero-order chi connectivity index (χ0) is 20.1. The maximum absolute atomic E-state index is 12.6. The quantitative estimate of drug-likeness (QED) is 0.767. The van der Waals surface area contributed by atoms with E-state index in [0.29, 0.717) is 38.3 Å². The Labute approximate surface area is 160 Å². The van der Waals surface area contributed by atoms with Crippen molar-refractivity contribution in [1.82, 2.24) is 19.8 Å². The van der Waals surface area contributed by atoms with Crippen molar-refractivity contribution >= 4 is 12.0 Å². The van der Waals surface area contributed by atoms with E-state index in [1.165, 1.54) is 6.26 Å². The van der Waals surface area contributed by atoms with Gasteiger partial charge in [0.2, 0.25) is 0 Å². The standard InChI is InChI=1S/C18H22N4O6/c1-2-27-18(26)21-7-5-12(6-8-21)20-15(23)14-10-19-17(25)22(16(14)24)11-13-4-3-9-28-13/h3-4,9-10,12H,2,5-8,11H2,1H3,(H,19,25)(H,20,23). The Morgan fingerprint density at radius 2 is 2.07 bits per heavy atom. The molecule has 10 nitrogen and oxygen atoms in total. The SMILES string of the molecule is CCOC(=O)N1CCC(NC(=O)c2c[nH]c(=O)n(Cc3ccco3)c2=O)CC1. The third-order valence-corrected chi connectivity index (χ3v) is 4.56. The van der Waals surface area contributed by atoms with Crippen LogP contribution in [0.4, 0.5) is 4.79 Å². The zero-order valence-electron chi connectivity index (χ0n) is 15.5. The molecule has 2 N–H and O–H groups in total. The Morgan fingerprint density at radius 1 is 1.32 bits per heavy atom. The van der Waals surface area contributed by atoms with Crippen LogP contribution in [0.25, 0.3) is 0 Å². The molecule has 3 heterocycles. The minimum absolute atomic E-state index is 0.0692. The van der Waals surface area contributed by atoms with Crippen molar-refractivity contribution in [2.75, 3.05) is 19.7 Å². The number of nitrogens with zero attached hydrogens (tertiary/aromatic N) is 2. The normalized spacial score (nSPS) is 14.7. The number of amides is 2. The van der Waals surface area contributed by atoms with Crippen molar-refractivity contribution in [3.63, 3.8) is 0 Å². The summed E-state index contributed by atoms with van der Waals surface area (Å²) in [4.78, 5) is 52.8. The number of aromatic nitrogens is 2. The van der Waals surface area contributed by atoms with Gasteiger partial charge in [-0.25, -0.2) is 9.59 Å². The van der Waals surface area contributed by atoms with Crippen molar-refractivity contribution < 1.29 is 18.7 Å². The number of nitrogens with one attached hydrogen (secondary N) is 2. The van der Waals surface area contributed by atoms with Crippen molar-refractivity contribution in [2.24, 2.45) is 0 Å². The van der Waals surface area contributed by atoms with E-state index in [2.05, 4.69) is 10.3 Å². The van der Waals surface area contributed by atoms with Gasteiger partial charge in [-0.3, -0.25) is 14.2 Å². The van der Waals surface area contributed by atoms with Crippen LogP contribution in [0.1, 0.15) is 35.9 Å². The van der Waals surface area contributed by atoms with Gasteiger partial charge in [0.1, 0.15) is 11.3 Å². The molecule has 2 aromatic rings. The second kappa shape index (κ2) is 8.59. The number of carbonyl (C=O) groups excluding carboxylic acids is 2. The van der Waals surface area contributed by atoms with Gasteiger partial charge in [-0.15, -0.1) is 0 Å². The Kier molecular flexibility index (Phi) is 5.97. The van der Waals surface area contributed by atoms with Gasteiger partial charge < -0.3 is 24.4 Å². The summed E-state index contributed by atoms with van der Waals surface area (Å²) in [6, 6.07) is 3.10. The van der Waals surface area contributed by atoms with Crippen LogP contribution < -0.4 is 16.6 Å². The number of furan rings is 1. The number of ether oxygens (including phenoxy) is 1. The van der Waals surface area contributed by atoms with Gasteiger partial charge in [-0.05, 0) is 31.9 Å². The molecule has 1 aliphatic heterocycles. The minimum Gasteiger partial charge on any atom is -0.467 e.